The Morgan fingerprint density at radius 1 is 1.45 bits per heavy atom. The number of aliphatic carboxylic acids is 1. The second kappa shape index (κ2) is 6.13. The molecule has 1 fully saturated rings. The van der Waals surface area contributed by atoms with E-state index in [1.54, 1.807) is 19.1 Å². The van der Waals surface area contributed by atoms with Gasteiger partial charge in [-0.25, -0.2) is 14.0 Å². The maximum absolute atomic E-state index is 12.8. The summed E-state index contributed by atoms with van der Waals surface area (Å²) >= 11 is 1.43. The van der Waals surface area contributed by atoms with Crippen LogP contribution in [-0.2, 0) is 11.3 Å². The first-order valence-corrected chi connectivity index (χ1v) is 7.19. The van der Waals surface area contributed by atoms with Gasteiger partial charge in [-0.1, -0.05) is 12.1 Å². The SMILES string of the molecule is CC1SCC(C(=O)O)N1C(=O)NCc1ccc(F)cc1. The van der Waals surface area contributed by atoms with Gasteiger partial charge in [0.15, 0.2) is 0 Å². The number of hydrogen-bond acceptors (Lipinski definition) is 3. The van der Waals surface area contributed by atoms with Crippen molar-refractivity contribution in [2.45, 2.75) is 24.9 Å². The van der Waals surface area contributed by atoms with Crippen LogP contribution < -0.4 is 5.32 Å². The summed E-state index contributed by atoms with van der Waals surface area (Å²) in [6.07, 6.45) is 0. The number of benzene rings is 1. The second-order valence-corrected chi connectivity index (χ2v) is 5.83. The Hall–Kier alpha value is -1.76. The van der Waals surface area contributed by atoms with Crippen molar-refractivity contribution in [1.82, 2.24) is 10.2 Å². The predicted molar refractivity (Wildman–Crippen MR) is 73.8 cm³/mol. The molecule has 2 N–H and O–H groups in total. The maximum atomic E-state index is 12.8. The highest BCUT2D eigenvalue weighted by Crippen LogP contribution is 2.28. The normalized spacial score (nSPS) is 21.8. The molecule has 2 rings (SSSR count). The molecule has 1 aromatic rings. The highest BCUT2D eigenvalue weighted by atomic mass is 32.2. The number of halogens is 1. The van der Waals surface area contributed by atoms with Crippen molar-refractivity contribution in [2.24, 2.45) is 0 Å². The lowest BCUT2D eigenvalue weighted by atomic mass is 10.2. The first-order chi connectivity index (χ1) is 9.49. The van der Waals surface area contributed by atoms with Crippen LogP contribution >= 0.6 is 11.8 Å². The zero-order chi connectivity index (χ0) is 14.7. The summed E-state index contributed by atoms with van der Waals surface area (Å²) in [4.78, 5) is 24.5. The third-order valence-corrected chi connectivity index (χ3v) is 4.32. The largest absolute Gasteiger partial charge is 0.480 e. The molecule has 1 heterocycles. The highest BCUT2D eigenvalue weighted by Gasteiger charge is 2.39. The summed E-state index contributed by atoms with van der Waals surface area (Å²) in [5, 5.41) is 11.6. The number of nitrogens with zero attached hydrogens (tertiary/aromatic N) is 1. The number of carbonyl (C=O) groups is 2. The first-order valence-electron chi connectivity index (χ1n) is 6.14. The smallest absolute Gasteiger partial charge is 0.327 e. The molecule has 2 atom stereocenters. The van der Waals surface area contributed by atoms with Crippen molar-refractivity contribution >= 4 is 23.8 Å². The fourth-order valence-corrected chi connectivity index (χ4v) is 3.18. The number of carboxylic acids is 1. The number of rotatable bonds is 3. The molecule has 0 aliphatic carbocycles. The standard InChI is InChI=1S/C13H15FN2O3S/c1-8-16(11(7-20-8)12(17)18)13(19)15-6-9-2-4-10(14)5-3-9/h2-5,8,11H,6-7H2,1H3,(H,15,19)(H,17,18). The van der Waals surface area contributed by atoms with Crippen LogP contribution in [0.25, 0.3) is 0 Å². The van der Waals surface area contributed by atoms with Gasteiger partial charge < -0.3 is 10.4 Å². The number of carbonyl (C=O) groups excluding carboxylic acids is 1. The third-order valence-electron chi connectivity index (χ3n) is 3.10. The van der Waals surface area contributed by atoms with Crippen LogP contribution in [0.3, 0.4) is 0 Å². The summed E-state index contributed by atoms with van der Waals surface area (Å²) in [6, 6.07) is 4.56. The Labute approximate surface area is 120 Å². The molecule has 2 amide bonds. The maximum Gasteiger partial charge on any atom is 0.327 e. The minimum absolute atomic E-state index is 0.177. The fraction of sp³-hybridized carbons (Fsp3) is 0.385. The highest BCUT2D eigenvalue weighted by molar-refractivity contribution is 8.00. The molecular formula is C13H15FN2O3S. The Morgan fingerprint density at radius 2 is 2.10 bits per heavy atom. The minimum Gasteiger partial charge on any atom is -0.480 e. The van der Waals surface area contributed by atoms with E-state index >= 15 is 0 Å². The van der Waals surface area contributed by atoms with E-state index in [0.29, 0.717) is 5.75 Å². The molecule has 1 aromatic carbocycles. The average molecular weight is 298 g/mol. The van der Waals surface area contributed by atoms with E-state index < -0.39 is 18.0 Å². The van der Waals surface area contributed by atoms with Gasteiger partial charge in [0.25, 0.3) is 0 Å². The zero-order valence-electron chi connectivity index (χ0n) is 10.9. The van der Waals surface area contributed by atoms with Crippen LogP contribution in [0.2, 0.25) is 0 Å². The number of nitrogens with one attached hydrogen (secondary N) is 1. The Bertz CT molecular complexity index is 509. The van der Waals surface area contributed by atoms with E-state index in [1.165, 1.54) is 28.8 Å². The van der Waals surface area contributed by atoms with Gasteiger partial charge in [0.2, 0.25) is 0 Å². The molecule has 1 saturated heterocycles. The molecule has 5 nitrogen and oxygen atoms in total. The van der Waals surface area contributed by atoms with Crippen molar-refractivity contribution < 1.29 is 19.1 Å². The fourth-order valence-electron chi connectivity index (χ4n) is 2.01. The molecule has 7 heteroatoms. The molecule has 1 aliphatic heterocycles. The minimum atomic E-state index is -1.00. The van der Waals surface area contributed by atoms with E-state index in [0.717, 1.165) is 5.56 Å². The van der Waals surface area contributed by atoms with Crippen molar-refractivity contribution in [3.05, 3.63) is 35.6 Å². The Balaban J connectivity index is 1.97. The quantitative estimate of drug-likeness (QED) is 0.894. The monoisotopic (exact) mass is 298 g/mol. The van der Waals surface area contributed by atoms with Crippen LogP contribution in [0.1, 0.15) is 12.5 Å². The van der Waals surface area contributed by atoms with Gasteiger partial charge >= 0.3 is 12.0 Å². The molecule has 1 aliphatic rings. The Morgan fingerprint density at radius 3 is 2.70 bits per heavy atom. The second-order valence-electron chi connectivity index (χ2n) is 4.48. The van der Waals surface area contributed by atoms with Crippen LogP contribution in [0, 0.1) is 5.82 Å². The average Bonchev–Trinajstić information content (AvgIpc) is 2.80. The molecule has 0 spiro atoms. The number of urea groups is 1. The number of carboxylic acid groups (broad SMARTS) is 1. The molecule has 0 aromatic heterocycles. The molecular weight excluding hydrogens is 283 g/mol. The third kappa shape index (κ3) is 3.22. The topological polar surface area (TPSA) is 69.6 Å². The molecule has 0 radical (unpaired) electrons. The number of thioether (sulfide) groups is 1. The van der Waals surface area contributed by atoms with Crippen molar-refractivity contribution in [2.75, 3.05) is 5.75 Å². The zero-order valence-corrected chi connectivity index (χ0v) is 11.7. The van der Waals surface area contributed by atoms with E-state index in [-0.39, 0.29) is 17.7 Å². The summed E-state index contributed by atoms with van der Waals surface area (Å²) in [5.74, 6) is -0.949. The lowest BCUT2D eigenvalue weighted by Crippen LogP contribution is -2.49. The van der Waals surface area contributed by atoms with E-state index in [1.807, 2.05) is 0 Å². The summed E-state index contributed by atoms with van der Waals surface area (Å²) in [6.45, 7) is 2.03. The Kier molecular flexibility index (Phi) is 4.49. The van der Waals surface area contributed by atoms with Crippen LogP contribution in [-0.4, -0.2) is 39.2 Å². The van der Waals surface area contributed by atoms with Gasteiger partial charge in [-0.3, -0.25) is 4.90 Å². The molecule has 2 unspecified atom stereocenters. The van der Waals surface area contributed by atoms with E-state index in [4.69, 9.17) is 5.11 Å². The van der Waals surface area contributed by atoms with Crippen LogP contribution in [0.5, 0.6) is 0 Å². The van der Waals surface area contributed by atoms with Gasteiger partial charge in [-0.05, 0) is 24.6 Å². The van der Waals surface area contributed by atoms with Crippen molar-refractivity contribution in [1.29, 1.82) is 0 Å². The molecule has 0 saturated carbocycles. The summed E-state index contributed by atoms with van der Waals surface area (Å²) in [5.41, 5.74) is 0.756. The van der Waals surface area contributed by atoms with E-state index in [2.05, 4.69) is 5.32 Å². The van der Waals surface area contributed by atoms with Gasteiger partial charge in [0, 0.05) is 12.3 Å². The summed E-state index contributed by atoms with van der Waals surface area (Å²) in [7, 11) is 0. The van der Waals surface area contributed by atoms with E-state index in [9.17, 15) is 14.0 Å². The predicted octanol–water partition coefficient (Wildman–Crippen LogP) is 1.88. The number of amides is 2. The first kappa shape index (κ1) is 14.6. The lowest BCUT2D eigenvalue weighted by Gasteiger charge is -2.25. The van der Waals surface area contributed by atoms with Crippen LogP contribution in [0.4, 0.5) is 9.18 Å². The van der Waals surface area contributed by atoms with Gasteiger partial charge in [0.05, 0.1) is 5.37 Å². The number of hydrogen-bond donors (Lipinski definition) is 2. The molecule has 0 bridgehead atoms. The summed E-state index contributed by atoms with van der Waals surface area (Å²) < 4.78 is 12.8. The lowest BCUT2D eigenvalue weighted by molar-refractivity contribution is -0.141. The van der Waals surface area contributed by atoms with Crippen LogP contribution in [0.15, 0.2) is 24.3 Å². The van der Waals surface area contributed by atoms with Crippen molar-refractivity contribution in [3.63, 3.8) is 0 Å². The van der Waals surface area contributed by atoms with Gasteiger partial charge in [0.1, 0.15) is 11.9 Å². The molecule has 108 valence electrons. The van der Waals surface area contributed by atoms with Gasteiger partial charge in [-0.2, -0.15) is 0 Å². The molecule has 20 heavy (non-hydrogen) atoms. The van der Waals surface area contributed by atoms with Gasteiger partial charge in [-0.15, -0.1) is 11.8 Å². The van der Waals surface area contributed by atoms with Crippen molar-refractivity contribution in [3.8, 4) is 0 Å².